The van der Waals surface area contributed by atoms with Crippen molar-refractivity contribution in [3.63, 3.8) is 0 Å². The van der Waals surface area contributed by atoms with Crippen LogP contribution in [0.1, 0.15) is 42.3 Å². The number of rotatable bonds is 3. The van der Waals surface area contributed by atoms with E-state index in [1.54, 1.807) is 13.0 Å². The van der Waals surface area contributed by atoms with E-state index in [4.69, 9.17) is 11.6 Å². The Morgan fingerprint density at radius 3 is 2.17 bits per heavy atom. The van der Waals surface area contributed by atoms with E-state index >= 15 is 0 Å². The lowest BCUT2D eigenvalue weighted by atomic mass is 9.84. The Morgan fingerprint density at radius 2 is 1.69 bits per heavy atom. The number of amides is 1. The summed E-state index contributed by atoms with van der Waals surface area (Å²) in [5.41, 5.74) is -4.81. The van der Waals surface area contributed by atoms with Gasteiger partial charge >= 0.3 is 5.51 Å². The summed E-state index contributed by atoms with van der Waals surface area (Å²) in [6.07, 6.45) is 0. The van der Waals surface area contributed by atoms with Gasteiger partial charge in [0.2, 0.25) is 0 Å². The number of carbonyl (C=O) groups excluding carboxylic acids is 1. The molecule has 0 heterocycles. The molecule has 0 saturated heterocycles. The molecule has 0 aromatic heterocycles. The number of halogens is 4. The van der Waals surface area contributed by atoms with Gasteiger partial charge in [-0.25, -0.2) is 8.42 Å². The van der Waals surface area contributed by atoms with Crippen molar-refractivity contribution < 1.29 is 31.5 Å². The van der Waals surface area contributed by atoms with Crippen LogP contribution in [0.25, 0.3) is 0 Å². The standard InChI is InChI=1S/C19H19ClF3NO4S/c1-10-7-12(16(25)13(8-10)18(2,3)4)17(26)24-15-6-5-11(9-14(15)20)29(27,28)19(21,22)23/h5-9,25H,1-4H3,(H,24,26). The average molecular weight is 450 g/mol. The largest absolute Gasteiger partial charge is 0.507 e. The van der Waals surface area contributed by atoms with Crippen LogP contribution < -0.4 is 5.32 Å². The second-order valence-electron chi connectivity index (χ2n) is 7.50. The first-order valence-corrected chi connectivity index (χ1v) is 10.2. The molecule has 0 saturated carbocycles. The Morgan fingerprint density at radius 1 is 1.10 bits per heavy atom. The number of aryl methyl sites for hydroxylation is 1. The Bertz CT molecular complexity index is 1070. The molecule has 2 aromatic carbocycles. The van der Waals surface area contributed by atoms with Gasteiger partial charge < -0.3 is 10.4 Å². The molecule has 0 bridgehead atoms. The lowest BCUT2D eigenvalue weighted by Crippen LogP contribution is -2.23. The van der Waals surface area contributed by atoms with Gasteiger partial charge in [0, 0.05) is 5.56 Å². The number of sulfone groups is 1. The molecule has 2 aromatic rings. The molecule has 0 spiro atoms. The number of carbonyl (C=O) groups is 1. The first-order valence-electron chi connectivity index (χ1n) is 8.32. The van der Waals surface area contributed by atoms with Crippen LogP contribution in [0.2, 0.25) is 5.02 Å². The molecule has 29 heavy (non-hydrogen) atoms. The van der Waals surface area contributed by atoms with Crippen molar-refractivity contribution in [3.8, 4) is 5.75 Å². The van der Waals surface area contributed by atoms with Gasteiger partial charge in [-0.1, -0.05) is 38.4 Å². The minimum atomic E-state index is -5.57. The fourth-order valence-electron chi connectivity index (χ4n) is 2.61. The van der Waals surface area contributed by atoms with Crippen molar-refractivity contribution in [2.45, 2.75) is 43.5 Å². The fraction of sp³-hybridized carbons (Fsp3) is 0.316. The summed E-state index contributed by atoms with van der Waals surface area (Å²) in [6, 6.07) is 5.46. The van der Waals surface area contributed by atoms with Gasteiger partial charge in [0.05, 0.1) is 21.2 Å². The summed E-state index contributed by atoms with van der Waals surface area (Å²) in [4.78, 5) is 11.6. The number of hydrogen-bond acceptors (Lipinski definition) is 4. The highest BCUT2D eigenvalue weighted by Crippen LogP contribution is 2.36. The topological polar surface area (TPSA) is 83.5 Å². The van der Waals surface area contributed by atoms with Crippen LogP contribution in [0.4, 0.5) is 18.9 Å². The fourth-order valence-corrected chi connectivity index (χ4v) is 3.69. The van der Waals surface area contributed by atoms with Gasteiger partial charge in [0.25, 0.3) is 15.7 Å². The van der Waals surface area contributed by atoms with Crippen LogP contribution >= 0.6 is 11.6 Å². The third-order valence-corrected chi connectivity index (χ3v) is 5.91. The number of alkyl halides is 3. The van der Waals surface area contributed by atoms with Crippen LogP contribution in [0, 0.1) is 6.92 Å². The number of hydrogen-bond donors (Lipinski definition) is 2. The normalized spacial score (nSPS) is 12.7. The quantitative estimate of drug-likeness (QED) is 0.674. The van der Waals surface area contributed by atoms with Gasteiger partial charge in [0.1, 0.15) is 5.75 Å². The summed E-state index contributed by atoms with van der Waals surface area (Å²) in [6.45, 7) is 7.33. The van der Waals surface area contributed by atoms with Crippen molar-refractivity contribution >= 4 is 33.0 Å². The summed E-state index contributed by atoms with van der Waals surface area (Å²) < 4.78 is 61.0. The zero-order valence-electron chi connectivity index (χ0n) is 16.0. The zero-order chi connectivity index (χ0) is 22.4. The molecular weight excluding hydrogens is 431 g/mol. The number of nitrogens with one attached hydrogen (secondary N) is 1. The van der Waals surface area contributed by atoms with E-state index in [-0.39, 0.29) is 17.0 Å². The maximum Gasteiger partial charge on any atom is 0.501 e. The molecule has 0 aliphatic rings. The summed E-state index contributed by atoms with van der Waals surface area (Å²) in [7, 11) is -5.57. The van der Waals surface area contributed by atoms with Crippen LogP contribution in [-0.4, -0.2) is 24.9 Å². The number of aromatic hydroxyl groups is 1. The maximum atomic E-state index is 12.7. The molecule has 158 valence electrons. The van der Waals surface area contributed by atoms with E-state index in [9.17, 15) is 31.5 Å². The molecule has 0 atom stereocenters. The Balaban J connectivity index is 2.42. The van der Waals surface area contributed by atoms with E-state index in [1.165, 1.54) is 6.07 Å². The van der Waals surface area contributed by atoms with E-state index < -0.39 is 36.6 Å². The Labute approximate surface area is 171 Å². The molecule has 5 nitrogen and oxygen atoms in total. The second kappa shape index (κ2) is 7.53. The molecule has 2 rings (SSSR count). The lowest BCUT2D eigenvalue weighted by molar-refractivity contribution is -0.0436. The summed E-state index contributed by atoms with van der Waals surface area (Å²) in [5, 5.41) is 12.5. The first kappa shape index (κ1) is 23.0. The number of phenols is 1. The molecule has 0 unspecified atom stereocenters. The van der Waals surface area contributed by atoms with E-state index in [0.717, 1.165) is 11.6 Å². The first-order chi connectivity index (χ1) is 13.1. The highest BCUT2D eigenvalue weighted by molar-refractivity contribution is 7.92. The number of benzene rings is 2. The maximum absolute atomic E-state index is 12.7. The lowest BCUT2D eigenvalue weighted by Gasteiger charge is -2.22. The van der Waals surface area contributed by atoms with Crippen LogP contribution in [0.3, 0.4) is 0 Å². The molecule has 2 N–H and O–H groups in total. The third kappa shape index (κ3) is 4.67. The zero-order valence-corrected chi connectivity index (χ0v) is 17.6. The van der Waals surface area contributed by atoms with Crippen LogP contribution in [-0.2, 0) is 15.3 Å². The molecule has 0 radical (unpaired) electrons. The van der Waals surface area contributed by atoms with Gasteiger partial charge in [-0.3, -0.25) is 4.79 Å². The Hall–Kier alpha value is -2.26. The smallest absolute Gasteiger partial charge is 0.501 e. The minimum Gasteiger partial charge on any atom is -0.507 e. The van der Waals surface area contributed by atoms with Crippen molar-refractivity contribution in [1.29, 1.82) is 0 Å². The summed E-state index contributed by atoms with van der Waals surface area (Å²) >= 11 is 5.88. The second-order valence-corrected chi connectivity index (χ2v) is 9.85. The number of anilines is 1. The predicted molar refractivity (Wildman–Crippen MR) is 104 cm³/mol. The van der Waals surface area contributed by atoms with Crippen molar-refractivity contribution in [2.24, 2.45) is 0 Å². The average Bonchev–Trinajstić information content (AvgIpc) is 2.56. The monoisotopic (exact) mass is 449 g/mol. The van der Waals surface area contributed by atoms with Crippen molar-refractivity contribution in [1.82, 2.24) is 0 Å². The third-order valence-electron chi connectivity index (χ3n) is 4.11. The highest BCUT2D eigenvalue weighted by Gasteiger charge is 2.47. The van der Waals surface area contributed by atoms with Gasteiger partial charge in [0.15, 0.2) is 0 Å². The molecule has 0 fully saturated rings. The molecule has 0 aliphatic carbocycles. The van der Waals surface area contributed by atoms with Gasteiger partial charge in [-0.2, -0.15) is 13.2 Å². The molecule has 10 heteroatoms. The van der Waals surface area contributed by atoms with E-state index in [1.807, 2.05) is 20.8 Å². The van der Waals surface area contributed by atoms with E-state index in [2.05, 4.69) is 5.32 Å². The van der Waals surface area contributed by atoms with E-state index in [0.29, 0.717) is 17.7 Å². The SMILES string of the molecule is Cc1cc(C(=O)Nc2ccc(S(=O)(=O)C(F)(F)F)cc2Cl)c(O)c(C(C)(C)C)c1. The van der Waals surface area contributed by atoms with Crippen molar-refractivity contribution in [2.75, 3.05) is 5.32 Å². The molecule has 0 aliphatic heterocycles. The van der Waals surface area contributed by atoms with Gasteiger partial charge in [-0.15, -0.1) is 0 Å². The Kier molecular flexibility index (Phi) is 5.98. The van der Waals surface area contributed by atoms with Gasteiger partial charge in [-0.05, 0) is 42.2 Å². The predicted octanol–water partition coefficient (Wildman–Crippen LogP) is 5.20. The number of phenolic OH excluding ortho intramolecular Hbond substituents is 1. The molecule has 1 amide bonds. The van der Waals surface area contributed by atoms with Crippen LogP contribution in [0.5, 0.6) is 5.75 Å². The van der Waals surface area contributed by atoms with Crippen molar-refractivity contribution in [3.05, 3.63) is 52.0 Å². The summed E-state index contributed by atoms with van der Waals surface area (Å²) in [5.74, 6) is -0.974. The van der Waals surface area contributed by atoms with Crippen LogP contribution in [0.15, 0.2) is 35.2 Å². The highest BCUT2D eigenvalue weighted by atomic mass is 35.5. The molecular formula is C19H19ClF3NO4S. The minimum absolute atomic E-state index is 0.0435.